The predicted octanol–water partition coefficient (Wildman–Crippen LogP) is 4.08. The van der Waals surface area contributed by atoms with Crippen LogP contribution >= 0.6 is 0 Å². The van der Waals surface area contributed by atoms with Gasteiger partial charge in [-0.1, -0.05) is 44.9 Å². The van der Waals surface area contributed by atoms with E-state index in [0.29, 0.717) is 5.92 Å². The van der Waals surface area contributed by atoms with E-state index >= 15 is 0 Å². The number of para-hydroxylation sites is 1. The van der Waals surface area contributed by atoms with Crippen LogP contribution in [0.5, 0.6) is 0 Å². The Labute approximate surface area is 138 Å². The Morgan fingerprint density at radius 2 is 2.09 bits per heavy atom. The van der Waals surface area contributed by atoms with Gasteiger partial charge in [0, 0.05) is 17.9 Å². The summed E-state index contributed by atoms with van der Waals surface area (Å²) in [6.45, 7) is 4.31. The maximum atomic E-state index is 12.2. The summed E-state index contributed by atoms with van der Waals surface area (Å²) in [6.07, 6.45) is 6.87. The molecule has 0 heterocycles. The molecule has 0 aromatic heterocycles. The normalized spacial score (nSPS) is 16.7. The summed E-state index contributed by atoms with van der Waals surface area (Å²) in [5.74, 6) is 0.137. The van der Waals surface area contributed by atoms with Crippen molar-refractivity contribution in [1.82, 2.24) is 5.32 Å². The highest BCUT2D eigenvalue weighted by molar-refractivity contribution is 5.97. The molecule has 1 fully saturated rings. The SMILES string of the molecule is CCC(C)c1ccccc1N/C=C(/C#N)C(=O)NC1CCCC1. The first-order valence-electron chi connectivity index (χ1n) is 8.42. The van der Waals surface area contributed by atoms with E-state index in [4.69, 9.17) is 0 Å². The second kappa shape index (κ2) is 8.38. The molecule has 4 heteroatoms. The molecular weight excluding hydrogens is 286 g/mol. The zero-order valence-corrected chi connectivity index (χ0v) is 13.9. The van der Waals surface area contributed by atoms with Gasteiger partial charge in [0.15, 0.2) is 0 Å². The lowest BCUT2D eigenvalue weighted by atomic mass is 9.97. The van der Waals surface area contributed by atoms with Gasteiger partial charge in [-0.05, 0) is 36.8 Å². The van der Waals surface area contributed by atoms with E-state index in [9.17, 15) is 10.1 Å². The van der Waals surface area contributed by atoms with Gasteiger partial charge < -0.3 is 10.6 Å². The lowest BCUT2D eigenvalue weighted by Gasteiger charge is -2.15. The molecule has 0 aliphatic heterocycles. The van der Waals surface area contributed by atoms with Gasteiger partial charge in [0.25, 0.3) is 5.91 Å². The number of amides is 1. The van der Waals surface area contributed by atoms with Gasteiger partial charge in [-0.15, -0.1) is 0 Å². The fourth-order valence-corrected chi connectivity index (χ4v) is 2.91. The van der Waals surface area contributed by atoms with E-state index in [1.165, 1.54) is 11.8 Å². The van der Waals surface area contributed by atoms with E-state index in [0.717, 1.165) is 37.8 Å². The van der Waals surface area contributed by atoms with Gasteiger partial charge in [-0.2, -0.15) is 5.26 Å². The number of nitrogens with zero attached hydrogens (tertiary/aromatic N) is 1. The highest BCUT2D eigenvalue weighted by Crippen LogP contribution is 2.26. The number of carbonyl (C=O) groups excluding carboxylic acids is 1. The Hall–Kier alpha value is -2.28. The average Bonchev–Trinajstić information content (AvgIpc) is 3.08. The third-order valence-corrected chi connectivity index (χ3v) is 4.53. The fraction of sp³-hybridized carbons (Fsp3) is 0.474. The van der Waals surface area contributed by atoms with Crippen LogP contribution in [0.4, 0.5) is 5.69 Å². The average molecular weight is 311 g/mol. The van der Waals surface area contributed by atoms with Crippen LogP contribution in [0.15, 0.2) is 36.0 Å². The molecule has 1 aliphatic carbocycles. The zero-order chi connectivity index (χ0) is 16.7. The third-order valence-electron chi connectivity index (χ3n) is 4.53. The smallest absolute Gasteiger partial charge is 0.263 e. The highest BCUT2D eigenvalue weighted by Gasteiger charge is 2.19. The molecule has 2 rings (SSSR count). The van der Waals surface area contributed by atoms with Crippen LogP contribution in [0.25, 0.3) is 0 Å². The van der Waals surface area contributed by atoms with Crippen molar-refractivity contribution in [2.75, 3.05) is 5.32 Å². The van der Waals surface area contributed by atoms with E-state index in [-0.39, 0.29) is 17.5 Å². The molecule has 1 atom stereocenters. The Kier molecular flexibility index (Phi) is 6.22. The topological polar surface area (TPSA) is 64.9 Å². The summed E-state index contributed by atoms with van der Waals surface area (Å²) < 4.78 is 0. The molecule has 1 unspecified atom stereocenters. The molecule has 2 N–H and O–H groups in total. The standard InChI is InChI=1S/C19H25N3O/c1-3-14(2)17-10-6-7-11-18(17)21-13-15(12-20)19(23)22-16-8-4-5-9-16/h6-7,10-11,13-14,16,21H,3-5,8-9H2,1-2H3,(H,22,23)/b15-13-. The Bertz CT molecular complexity index is 609. The van der Waals surface area contributed by atoms with Gasteiger partial charge in [-0.3, -0.25) is 4.79 Å². The van der Waals surface area contributed by atoms with Crippen LogP contribution in [0.2, 0.25) is 0 Å². The van der Waals surface area contributed by atoms with E-state index in [1.807, 2.05) is 24.3 Å². The Balaban J connectivity index is 2.07. The second-order valence-corrected chi connectivity index (χ2v) is 6.17. The largest absolute Gasteiger partial charge is 0.360 e. The number of benzene rings is 1. The first-order valence-corrected chi connectivity index (χ1v) is 8.42. The minimum Gasteiger partial charge on any atom is -0.360 e. The second-order valence-electron chi connectivity index (χ2n) is 6.17. The minimum absolute atomic E-state index is 0.121. The summed E-state index contributed by atoms with van der Waals surface area (Å²) in [5.41, 5.74) is 2.26. The lowest BCUT2D eigenvalue weighted by molar-refractivity contribution is -0.117. The molecule has 0 spiro atoms. The summed E-state index contributed by atoms with van der Waals surface area (Å²) in [4.78, 5) is 12.2. The predicted molar refractivity (Wildman–Crippen MR) is 92.9 cm³/mol. The van der Waals surface area contributed by atoms with Crippen LogP contribution < -0.4 is 10.6 Å². The number of rotatable bonds is 6. The summed E-state index contributed by atoms with van der Waals surface area (Å²) in [7, 11) is 0. The molecule has 1 aliphatic rings. The van der Waals surface area contributed by atoms with Gasteiger partial charge in [0.2, 0.25) is 0 Å². The van der Waals surface area contributed by atoms with Gasteiger partial charge in [-0.25, -0.2) is 0 Å². The van der Waals surface area contributed by atoms with Crippen LogP contribution in [-0.4, -0.2) is 11.9 Å². The Morgan fingerprint density at radius 1 is 1.39 bits per heavy atom. The van der Waals surface area contributed by atoms with Crippen LogP contribution in [0.1, 0.15) is 57.4 Å². The lowest BCUT2D eigenvalue weighted by Crippen LogP contribution is -2.33. The number of anilines is 1. The molecule has 1 amide bonds. The van der Waals surface area contributed by atoms with Crippen molar-refractivity contribution in [1.29, 1.82) is 5.26 Å². The molecule has 122 valence electrons. The number of carbonyl (C=O) groups is 1. The quantitative estimate of drug-likeness (QED) is 0.614. The van der Waals surface area contributed by atoms with Crippen LogP contribution in [0, 0.1) is 11.3 Å². The molecule has 23 heavy (non-hydrogen) atoms. The van der Waals surface area contributed by atoms with Crippen molar-refractivity contribution < 1.29 is 4.79 Å². The Morgan fingerprint density at radius 3 is 2.74 bits per heavy atom. The number of hydrogen-bond donors (Lipinski definition) is 2. The zero-order valence-electron chi connectivity index (χ0n) is 13.9. The number of nitrogens with one attached hydrogen (secondary N) is 2. The number of nitriles is 1. The molecule has 0 bridgehead atoms. The maximum absolute atomic E-state index is 12.2. The van der Waals surface area contributed by atoms with Gasteiger partial charge >= 0.3 is 0 Å². The van der Waals surface area contributed by atoms with E-state index < -0.39 is 0 Å². The molecule has 1 aromatic carbocycles. The first-order chi connectivity index (χ1) is 11.2. The summed E-state index contributed by atoms with van der Waals surface area (Å²) >= 11 is 0. The third kappa shape index (κ3) is 4.59. The minimum atomic E-state index is -0.284. The first kappa shape index (κ1) is 17.1. The van der Waals surface area contributed by atoms with Crippen molar-refractivity contribution in [2.45, 2.75) is 57.9 Å². The molecule has 1 aromatic rings. The fourth-order valence-electron chi connectivity index (χ4n) is 2.91. The van der Waals surface area contributed by atoms with Gasteiger partial charge in [0.1, 0.15) is 11.6 Å². The molecule has 1 saturated carbocycles. The monoisotopic (exact) mass is 311 g/mol. The van der Waals surface area contributed by atoms with Crippen LogP contribution in [0.3, 0.4) is 0 Å². The van der Waals surface area contributed by atoms with Crippen molar-refractivity contribution in [3.8, 4) is 6.07 Å². The van der Waals surface area contributed by atoms with E-state index in [1.54, 1.807) is 0 Å². The van der Waals surface area contributed by atoms with Crippen molar-refractivity contribution in [3.63, 3.8) is 0 Å². The van der Waals surface area contributed by atoms with Crippen molar-refractivity contribution in [3.05, 3.63) is 41.6 Å². The maximum Gasteiger partial charge on any atom is 0.263 e. The molecule has 0 radical (unpaired) electrons. The molecule has 0 saturated heterocycles. The summed E-state index contributed by atoms with van der Waals surface area (Å²) in [5, 5.41) is 15.3. The van der Waals surface area contributed by atoms with Gasteiger partial charge in [0.05, 0.1) is 0 Å². The summed E-state index contributed by atoms with van der Waals surface area (Å²) in [6, 6.07) is 10.2. The van der Waals surface area contributed by atoms with E-state index in [2.05, 4.69) is 30.5 Å². The molecule has 4 nitrogen and oxygen atoms in total. The van der Waals surface area contributed by atoms with Crippen LogP contribution in [-0.2, 0) is 4.79 Å². The van der Waals surface area contributed by atoms with Crippen molar-refractivity contribution >= 4 is 11.6 Å². The number of hydrogen-bond acceptors (Lipinski definition) is 3. The highest BCUT2D eigenvalue weighted by atomic mass is 16.1. The molecular formula is C19H25N3O. The van der Waals surface area contributed by atoms with Crippen molar-refractivity contribution in [2.24, 2.45) is 0 Å².